The Morgan fingerprint density at radius 2 is 1.89 bits per heavy atom. The largest absolute Gasteiger partial charge is 0.388 e. The number of aliphatic hydroxyl groups excluding tert-OH is 2. The molecule has 1 saturated heterocycles. The van der Waals surface area contributed by atoms with Crippen molar-refractivity contribution in [2.24, 2.45) is 16.7 Å². The van der Waals surface area contributed by atoms with Crippen LogP contribution in [0.2, 0.25) is 0 Å². The standard InChI is InChI=1S/C32H38N2O3/c1-29(2)16-20-15-24-27(35)28(36)25(34(4)5)17-31(24)12-13-32(20,37-31)26-10-9-23(30(26,29)3)22-8-6-7-19-18-33-14-11-21(19)22/h6-9,11,14-16,18,25-28,35-36H,10,12-13,17H2,1-5H3/t25-,26?,27+,28+,30+,31+,32+/m0/s1. The number of nitrogens with zero attached hydrogens (tertiary/aromatic N) is 2. The van der Waals surface area contributed by atoms with Gasteiger partial charge in [0.1, 0.15) is 6.10 Å². The van der Waals surface area contributed by atoms with Crippen molar-refractivity contribution in [3.8, 4) is 0 Å². The third-order valence-corrected chi connectivity index (χ3v) is 11.0. The van der Waals surface area contributed by atoms with Crippen LogP contribution in [-0.2, 0) is 4.74 Å². The smallest absolute Gasteiger partial charge is 0.105 e. The van der Waals surface area contributed by atoms with Crippen LogP contribution in [0.4, 0.5) is 0 Å². The van der Waals surface area contributed by atoms with Crippen molar-refractivity contribution in [2.45, 2.75) is 75.9 Å². The van der Waals surface area contributed by atoms with Gasteiger partial charge in [-0.15, -0.1) is 0 Å². The van der Waals surface area contributed by atoms with Crippen LogP contribution in [0.5, 0.6) is 0 Å². The summed E-state index contributed by atoms with van der Waals surface area (Å²) < 4.78 is 7.35. The lowest BCUT2D eigenvalue weighted by Crippen LogP contribution is -2.63. The first-order chi connectivity index (χ1) is 17.5. The highest BCUT2D eigenvalue weighted by molar-refractivity contribution is 5.95. The molecule has 7 atom stereocenters. The van der Waals surface area contributed by atoms with Gasteiger partial charge in [-0.05, 0) is 78.9 Å². The Labute approximate surface area is 219 Å². The van der Waals surface area contributed by atoms with Gasteiger partial charge in [0.25, 0.3) is 0 Å². The second-order valence-electron chi connectivity index (χ2n) is 13.1. The van der Waals surface area contributed by atoms with Crippen molar-refractivity contribution in [1.29, 1.82) is 0 Å². The fourth-order valence-electron chi connectivity index (χ4n) is 8.84. The summed E-state index contributed by atoms with van der Waals surface area (Å²) in [6, 6.07) is 8.57. The molecule has 1 saturated carbocycles. The minimum atomic E-state index is -0.906. The zero-order valence-electron chi connectivity index (χ0n) is 22.5. The number of fused-ring (bicyclic) bond motifs is 2. The normalized spacial score (nSPS) is 41.6. The van der Waals surface area contributed by atoms with Crippen molar-refractivity contribution in [2.75, 3.05) is 14.1 Å². The molecule has 0 radical (unpaired) electrons. The monoisotopic (exact) mass is 498 g/mol. The van der Waals surface area contributed by atoms with E-state index < -0.39 is 17.8 Å². The Morgan fingerprint density at radius 1 is 1.08 bits per heavy atom. The summed E-state index contributed by atoms with van der Waals surface area (Å²) in [6.45, 7) is 7.17. The van der Waals surface area contributed by atoms with Crippen LogP contribution in [0.15, 0.2) is 66.0 Å². The summed E-state index contributed by atoms with van der Waals surface area (Å²) >= 11 is 0. The molecule has 2 aliphatic heterocycles. The molecule has 1 aromatic heterocycles. The fourth-order valence-corrected chi connectivity index (χ4v) is 8.84. The molecule has 3 aliphatic carbocycles. The highest BCUT2D eigenvalue weighted by Crippen LogP contribution is 2.72. The Kier molecular flexibility index (Phi) is 4.76. The minimum Gasteiger partial charge on any atom is -0.388 e. The molecule has 1 unspecified atom stereocenters. The summed E-state index contributed by atoms with van der Waals surface area (Å²) in [5.41, 5.74) is 3.64. The average molecular weight is 499 g/mol. The lowest BCUT2D eigenvalue weighted by Gasteiger charge is -2.60. The molecule has 5 nitrogen and oxygen atoms in total. The molecular formula is C32H38N2O3. The summed E-state index contributed by atoms with van der Waals surface area (Å²) in [4.78, 5) is 6.40. The van der Waals surface area contributed by atoms with Crippen molar-refractivity contribution >= 4 is 16.3 Å². The van der Waals surface area contributed by atoms with Gasteiger partial charge in [-0.1, -0.05) is 57.2 Å². The first kappa shape index (κ1) is 23.8. The predicted octanol–water partition coefficient (Wildman–Crippen LogP) is 4.89. The van der Waals surface area contributed by atoms with E-state index >= 15 is 0 Å². The minimum absolute atomic E-state index is 0.126. The number of likely N-dealkylation sites (N-methyl/N-ethyl adjacent to an activating group) is 1. The van der Waals surface area contributed by atoms with Gasteiger partial charge in [0.05, 0.1) is 17.3 Å². The van der Waals surface area contributed by atoms with Crippen LogP contribution in [0.25, 0.3) is 16.3 Å². The summed E-state index contributed by atoms with van der Waals surface area (Å²) in [6.07, 6.45) is 12.8. The maximum Gasteiger partial charge on any atom is 0.105 e. The average Bonchev–Trinajstić information content (AvgIpc) is 3.40. The second-order valence-corrected chi connectivity index (χ2v) is 13.1. The summed E-state index contributed by atoms with van der Waals surface area (Å²) in [7, 11) is 3.97. The third kappa shape index (κ3) is 2.81. The predicted molar refractivity (Wildman–Crippen MR) is 146 cm³/mol. The van der Waals surface area contributed by atoms with Crippen molar-refractivity contribution in [3.63, 3.8) is 0 Å². The van der Waals surface area contributed by atoms with E-state index in [1.54, 1.807) is 0 Å². The Bertz CT molecular complexity index is 1400. The molecule has 2 spiro atoms. The number of ether oxygens (including phenoxy) is 1. The van der Waals surface area contributed by atoms with Crippen LogP contribution < -0.4 is 0 Å². The number of benzene rings is 1. The number of allylic oxidation sites excluding steroid dienone is 3. The lowest BCUT2D eigenvalue weighted by molar-refractivity contribution is -0.170. The van der Waals surface area contributed by atoms with Crippen LogP contribution in [0.1, 0.15) is 52.0 Å². The van der Waals surface area contributed by atoms with E-state index in [0.717, 1.165) is 24.8 Å². The van der Waals surface area contributed by atoms with Crippen LogP contribution in [0.3, 0.4) is 0 Å². The zero-order valence-corrected chi connectivity index (χ0v) is 22.5. The molecule has 37 heavy (non-hydrogen) atoms. The quantitative estimate of drug-likeness (QED) is 0.617. The summed E-state index contributed by atoms with van der Waals surface area (Å²) in [5.74, 6) is 0.293. The highest BCUT2D eigenvalue weighted by atomic mass is 16.5. The third-order valence-electron chi connectivity index (χ3n) is 11.0. The number of aliphatic hydroxyl groups is 2. The van der Waals surface area contributed by atoms with E-state index in [1.807, 2.05) is 31.4 Å². The molecule has 7 rings (SSSR count). The first-order valence-corrected chi connectivity index (χ1v) is 13.8. The van der Waals surface area contributed by atoms with E-state index in [-0.39, 0.29) is 22.5 Å². The van der Waals surface area contributed by atoms with Crippen molar-refractivity contribution in [3.05, 3.63) is 71.6 Å². The molecule has 2 fully saturated rings. The fraction of sp³-hybridized carbons (Fsp3) is 0.531. The van der Waals surface area contributed by atoms with Gasteiger partial charge in [-0.2, -0.15) is 0 Å². The van der Waals surface area contributed by atoms with Crippen LogP contribution >= 0.6 is 0 Å². The van der Waals surface area contributed by atoms with Gasteiger partial charge in [0.15, 0.2) is 0 Å². The Morgan fingerprint density at radius 3 is 2.68 bits per heavy atom. The van der Waals surface area contributed by atoms with E-state index in [4.69, 9.17) is 4.74 Å². The van der Waals surface area contributed by atoms with E-state index in [1.165, 1.54) is 27.5 Å². The van der Waals surface area contributed by atoms with E-state index in [2.05, 4.69) is 68.2 Å². The van der Waals surface area contributed by atoms with Gasteiger partial charge in [0.2, 0.25) is 0 Å². The van der Waals surface area contributed by atoms with Crippen LogP contribution in [-0.4, -0.2) is 63.6 Å². The molecule has 0 amide bonds. The van der Waals surface area contributed by atoms with E-state index in [9.17, 15) is 10.2 Å². The van der Waals surface area contributed by atoms with Gasteiger partial charge in [-0.3, -0.25) is 4.98 Å². The molecule has 1 aromatic carbocycles. The lowest BCUT2D eigenvalue weighted by atomic mass is 9.49. The number of hydrogen-bond acceptors (Lipinski definition) is 5. The maximum absolute atomic E-state index is 11.3. The maximum atomic E-state index is 11.3. The van der Waals surface area contributed by atoms with Gasteiger partial charge in [0, 0.05) is 35.2 Å². The molecule has 2 bridgehead atoms. The van der Waals surface area contributed by atoms with Crippen molar-refractivity contribution in [1.82, 2.24) is 9.88 Å². The number of aromatic nitrogens is 1. The first-order valence-electron chi connectivity index (χ1n) is 13.8. The zero-order chi connectivity index (χ0) is 26.0. The number of rotatable bonds is 2. The molecule has 2 N–H and O–H groups in total. The van der Waals surface area contributed by atoms with Gasteiger partial charge >= 0.3 is 0 Å². The molecule has 5 heteroatoms. The summed E-state index contributed by atoms with van der Waals surface area (Å²) in [5, 5.41) is 24.7. The second kappa shape index (κ2) is 7.41. The van der Waals surface area contributed by atoms with E-state index in [0.29, 0.717) is 12.3 Å². The SMILES string of the molecule is CN(C)[C@H]1C[C@@]23CC[C@@]4(O2)C(=CC(C)(C)[C@]2(C)C(c5cccc6cnccc56)=CCC42)C=C3[C@@H](O)[C@@H]1O. The number of pyridine rings is 1. The topological polar surface area (TPSA) is 65.8 Å². The van der Waals surface area contributed by atoms with Gasteiger partial charge < -0.3 is 19.8 Å². The highest BCUT2D eigenvalue weighted by Gasteiger charge is 2.70. The van der Waals surface area contributed by atoms with Gasteiger partial charge in [-0.25, -0.2) is 0 Å². The van der Waals surface area contributed by atoms with Crippen molar-refractivity contribution < 1.29 is 14.9 Å². The number of hydrogen-bond donors (Lipinski definition) is 2. The Balaban J connectivity index is 1.39. The molecular weight excluding hydrogens is 460 g/mol. The molecule has 2 aromatic rings. The Hall–Kier alpha value is -2.31. The molecule has 5 aliphatic rings. The molecule has 3 heterocycles. The van der Waals surface area contributed by atoms with Crippen LogP contribution in [0, 0.1) is 16.7 Å². The molecule has 194 valence electrons.